The first-order chi connectivity index (χ1) is 7.54. The molecule has 0 aliphatic carbocycles. The topological polar surface area (TPSA) is 12.0 Å². The Morgan fingerprint density at radius 2 is 1.94 bits per heavy atom. The fraction of sp³-hybridized carbons (Fsp3) is 0.571. The van der Waals surface area contributed by atoms with Crippen LogP contribution in [0.4, 0.5) is 4.39 Å². The van der Waals surface area contributed by atoms with Crippen molar-refractivity contribution in [2.75, 3.05) is 0 Å². The lowest BCUT2D eigenvalue weighted by molar-refractivity contribution is 0.360. The molecule has 3 atom stereocenters. The van der Waals surface area contributed by atoms with E-state index in [1.54, 1.807) is 12.1 Å². The highest BCUT2D eigenvalue weighted by Crippen LogP contribution is 2.16. The molecule has 0 aromatic heterocycles. The van der Waals surface area contributed by atoms with Gasteiger partial charge in [0.2, 0.25) is 0 Å². The summed E-state index contributed by atoms with van der Waals surface area (Å²) in [5.41, 5.74) is 1.01. The predicted octanol–water partition coefficient (Wildman–Crippen LogP) is 3.91. The Kier molecular flexibility index (Phi) is 4.94. The fourth-order valence-corrected chi connectivity index (χ4v) is 1.78. The van der Waals surface area contributed by atoms with E-state index in [0.717, 1.165) is 12.0 Å². The first-order valence-electron chi connectivity index (χ1n) is 6.06. The third kappa shape index (κ3) is 3.60. The van der Waals surface area contributed by atoms with Gasteiger partial charge in [-0.3, -0.25) is 0 Å². The molecule has 1 N–H and O–H groups in total. The minimum Gasteiger partial charge on any atom is -0.307 e. The Morgan fingerprint density at radius 1 is 1.25 bits per heavy atom. The summed E-state index contributed by atoms with van der Waals surface area (Å²) in [6.07, 6.45) is 1.16. The standard InChI is InChI=1S/C14H22FN/c1-5-10(2)11(3)16-12(4)13-7-6-8-14(15)9-13/h6-12,16H,5H2,1-4H3. The summed E-state index contributed by atoms with van der Waals surface area (Å²) in [6, 6.07) is 7.44. The number of rotatable bonds is 5. The van der Waals surface area contributed by atoms with Gasteiger partial charge in [-0.05, 0) is 37.5 Å². The molecule has 90 valence electrons. The molecule has 0 heterocycles. The first kappa shape index (κ1) is 13.2. The van der Waals surface area contributed by atoms with Gasteiger partial charge in [0.15, 0.2) is 0 Å². The third-order valence-electron chi connectivity index (χ3n) is 3.36. The normalized spacial score (nSPS) is 16.8. The molecule has 1 nitrogen and oxygen atoms in total. The molecule has 1 aromatic carbocycles. The van der Waals surface area contributed by atoms with Gasteiger partial charge in [-0.2, -0.15) is 0 Å². The highest BCUT2D eigenvalue weighted by molar-refractivity contribution is 5.19. The van der Waals surface area contributed by atoms with E-state index in [4.69, 9.17) is 0 Å². The third-order valence-corrected chi connectivity index (χ3v) is 3.36. The van der Waals surface area contributed by atoms with Crippen molar-refractivity contribution in [1.29, 1.82) is 0 Å². The van der Waals surface area contributed by atoms with E-state index in [2.05, 4.69) is 33.0 Å². The minimum atomic E-state index is -0.164. The molecule has 0 saturated heterocycles. The van der Waals surface area contributed by atoms with Crippen LogP contribution in [0.2, 0.25) is 0 Å². The van der Waals surface area contributed by atoms with Crippen molar-refractivity contribution in [3.05, 3.63) is 35.6 Å². The molecule has 0 amide bonds. The van der Waals surface area contributed by atoms with Crippen LogP contribution in [0.1, 0.15) is 45.7 Å². The molecule has 0 aliphatic rings. The maximum Gasteiger partial charge on any atom is 0.123 e. The van der Waals surface area contributed by atoms with Crippen LogP contribution in [-0.4, -0.2) is 6.04 Å². The maximum absolute atomic E-state index is 13.1. The Balaban J connectivity index is 2.61. The number of benzene rings is 1. The zero-order valence-electron chi connectivity index (χ0n) is 10.6. The van der Waals surface area contributed by atoms with E-state index in [1.165, 1.54) is 6.07 Å². The number of nitrogens with one attached hydrogen (secondary N) is 1. The summed E-state index contributed by atoms with van der Waals surface area (Å²) in [4.78, 5) is 0. The second-order valence-corrected chi connectivity index (χ2v) is 4.62. The van der Waals surface area contributed by atoms with Crippen molar-refractivity contribution in [3.63, 3.8) is 0 Å². The molecule has 0 radical (unpaired) electrons. The molecule has 1 aromatic rings. The zero-order valence-corrected chi connectivity index (χ0v) is 10.6. The SMILES string of the molecule is CCC(C)C(C)NC(C)c1cccc(F)c1. The van der Waals surface area contributed by atoms with Gasteiger partial charge < -0.3 is 5.32 Å². The molecule has 0 aliphatic heterocycles. The number of hydrogen-bond acceptors (Lipinski definition) is 1. The Bertz CT molecular complexity index is 324. The smallest absolute Gasteiger partial charge is 0.123 e. The van der Waals surface area contributed by atoms with E-state index in [-0.39, 0.29) is 11.9 Å². The average Bonchev–Trinajstić information content (AvgIpc) is 2.27. The number of halogens is 1. The summed E-state index contributed by atoms with van der Waals surface area (Å²) < 4.78 is 13.1. The second kappa shape index (κ2) is 6.00. The molecule has 0 fully saturated rings. The molecular formula is C14H22FN. The predicted molar refractivity (Wildman–Crippen MR) is 66.9 cm³/mol. The van der Waals surface area contributed by atoms with Crippen LogP contribution in [-0.2, 0) is 0 Å². The van der Waals surface area contributed by atoms with Crippen LogP contribution in [0.25, 0.3) is 0 Å². The van der Waals surface area contributed by atoms with Crippen LogP contribution < -0.4 is 5.32 Å². The average molecular weight is 223 g/mol. The van der Waals surface area contributed by atoms with E-state index in [9.17, 15) is 4.39 Å². The van der Waals surface area contributed by atoms with Crippen LogP contribution in [0.5, 0.6) is 0 Å². The van der Waals surface area contributed by atoms with Crippen molar-refractivity contribution in [2.45, 2.75) is 46.2 Å². The summed E-state index contributed by atoms with van der Waals surface area (Å²) in [6.45, 7) is 8.68. The van der Waals surface area contributed by atoms with Gasteiger partial charge in [0, 0.05) is 12.1 Å². The van der Waals surface area contributed by atoms with E-state index < -0.39 is 0 Å². The van der Waals surface area contributed by atoms with Crippen molar-refractivity contribution in [2.24, 2.45) is 5.92 Å². The van der Waals surface area contributed by atoms with Crippen molar-refractivity contribution >= 4 is 0 Å². The van der Waals surface area contributed by atoms with Gasteiger partial charge in [0.05, 0.1) is 0 Å². The zero-order chi connectivity index (χ0) is 12.1. The van der Waals surface area contributed by atoms with E-state index >= 15 is 0 Å². The van der Waals surface area contributed by atoms with E-state index in [1.807, 2.05) is 6.07 Å². The summed E-state index contributed by atoms with van der Waals surface area (Å²) in [5, 5.41) is 3.51. The highest BCUT2D eigenvalue weighted by atomic mass is 19.1. The van der Waals surface area contributed by atoms with Crippen molar-refractivity contribution in [3.8, 4) is 0 Å². The van der Waals surface area contributed by atoms with Crippen LogP contribution in [0.15, 0.2) is 24.3 Å². The van der Waals surface area contributed by atoms with Crippen molar-refractivity contribution < 1.29 is 4.39 Å². The quantitative estimate of drug-likeness (QED) is 0.798. The molecule has 0 bridgehead atoms. The lowest BCUT2D eigenvalue weighted by atomic mass is 9.99. The van der Waals surface area contributed by atoms with Gasteiger partial charge in [-0.25, -0.2) is 4.39 Å². The van der Waals surface area contributed by atoms with Crippen LogP contribution in [0, 0.1) is 11.7 Å². The summed E-state index contributed by atoms with van der Waals surface area (Å²) in [7, 11) is 0. The van der Waals surface area contributed by atoms with Crippen LogP contribution >= 0.6 is 0 Å². The van der Waals surface area contributed by atoms with Gasteiger partial charge in [-0.15, -0.1) is 0 Å². The molecular weight excluding hydrogens is 201 g/mol. The van der Waals surface area contributed by atoms with Gasteiger partial charge >= 0.3 is 0 Å². The lowest BCUT2D eigenvalue weighted by Gasteiger charge is -2.24. The second-order valence-electron chi connectivity index (χ2n) is 4.62. The van der Waals surface area contributed by atoms with Gasteiger partial charge in [0.1, 0.15) is 5.82 Å². The molecule has 1 rings (SSSR count). The minimum absolute atomic E-state index is 0.164. The summed E-state index contributed by atoms with van der Waals surface area (Å²) >= 11 is 0. The first-order valence-corrected chi connectivity index (χ1v) is 6.06. The Hall–Kier alpha value is -0.890. The molecule has 16 heavy (non-hydrogen) atoms. The Labute approximate surface area is 98.1 Å². The lowest BCUT2D eigenvalue weighted by Crippen LogP contribution is -2.33. The van der Waals surface area contributed by atoms with Crippen molar-refractivity contribution in [1.82, 2.24) is 5.32 Å². The Morgan fingerprint density at radius 3 is 2.50 bits per heavy atom. The fourth-order valence-electron chi connectivity index (χ4n) is 1.78. The molecule has 2 heteroatoms. The maximum atomic E-state index is 13.1. The molecule has 3 unspecified atom stereocenters. The monoisotopic (exact) mass is 223 g/mol. The van der Waals surface area contributed by atoms with Crippen LogP contribution in [0.3, 0.4) is 0 Å². The van der Waals surface area contributed by atoms with Gasteiger partial charge in [-0.1, -0.05) is 32.4 Å². The largest absolute Gasteiger partial charge is 0.307 e. The number of hydrogen-bond donors (Lipinski definition) is 1. The van der Waals surface area contributed by atoms with E-state index in [0.29, 0.717) is 12.0 Å². The molecule has 0 spiro atoms. The highest BCUT2D eigenvalue weighted by Gasteiger charge is 2.14. The molecule has 0 saturated carbocycles. The van der Waals surface area contributed by atoms with Gasteiger partial charge in [0.25, 0.3) is 0 Å². The summed E-state index contributed by atoms with van der Waals surface area (Å²) in [5.74, 6) is 0.471.